The number of hydrogen-bond acceptors (Lipinski definition) is 0. The van der Waals surface area contributed by atoms with E-state index in [1.807, 2.05) is 0 Å². The van der Waals surface area contributed by atoms with Crippen LogP contribution in [0.3, 0.4) is 0 Å². The van der Waals surface area contributed by atoms with Gasteiger partial charge in [-0.1, -0.05) is 265 Å². The highest BCUT2D eigenvalue weighted by Crippen LogP contribution is 2.55. The van der Waals surface area contributed by atoms with Crippen LogP contribution in [0.4, 0.5) is 0 Å². The van der Waals surface area contributed by atoms with Crippen molar-refractivity contribution < 1.29 is 0 Å². The minimum absolute atomic E-state index is 0.0116. The topological polar surface area (TPSA) is 0 Å². The Hall–Kier alpha value is -7.02. The van der Waals surface area contributed by atoms with E-state index in [9.17, 15) is 0 Å². The fourth-order valence-electron chi connectivity index (χ4n) is 10.6. The Labute approximate surface area is 418 Å². The predicted octanol–water partition coefficient (Wildman–Crippen LogP) is 20.3. The molecule has 348 valence electrons. The molecule has 0 bridgehead atoms. The van der Waals surface area contributed by atoms with Crippen molar-refractivity contribution in [2.24, 2.45) is 0 Å². The quantitative estimate of drug-likeness (QED) is 0.146. The van der Waals surface area contributed by atoms with Crippen LogP contribution in [0.2, 0.25) is 0 Å². The molecule has 0 fully saturated rings. The van der Waals surface area contributed by atoms with Gasteiger partial charge in [0.15, 0.2) is 0 Å². The third-order valence-corrected chi connectivity index (χ3v) is 14.7. The van der Waals surface area contributed by atoms with Crippen LogP contribution in [0.1, 0.15) is 105 Å². The van der Waals surface area contributed by atoms with Crippen LogP contribution in [-0.4, -0.2) is 0 Å². The largest absolute Gasteiger partial charge is 0.0622 e. The average molecular weight is 909 g/mol. The second kappa shape index (κ2) is 17.4. The second-order valence-corrected chi connectivity index (χ2v) is 23.8. The fraction of sp³-hybridized carbons (Fsp3) is 0.229. The Bertz CT molecular complexity index is 3280. The minimum Gasteiger partial charge on any atom is -0.0622 e. The summed E-state index contributed by atoms with van der Waals surface area (Å²) in [6.45, 7) is 27.9. The number of rotatable bonds is 6. The molecule has 70 heavy (non-hydrogen) atoms. The first kappa shape index (κ1) is 46.7. The van der Waals surface area contributed by atoms with Gasteiger partial charge in [-0.05, 0) is 155 Å². The summed E-state index contributed by atoms with van der Waals surface area (Å²) in [7, 11) is 0. The molecule has 0 amide bonds. The van der Waals surface area contributed by atoms with E-state index in [0.29, 0.717) is 0 Å². The first-order chi connectivity index (χ1) is 33.3. The second-order valence-electron chi connectivity index (χ2n) is 23.8. The molecule has 0 heterocycles. The molecule has 0 spiro atoms. The van der Waals surface area contributed by atoms with Crippen molar-refractivity contribution >= 4 is 32.3 Å². The van der Waals surface area contributed by atoms with E-state index in [4.69, 9.17) is 0 Å². The Kier molecular flexibility index (Phi) is 11.6. The Morgan fingerprint density at radius 1 is 0.200 bits per heavy atom. The zero-order valence-electron chi connectivity index (χ0n) is 43.5. The lowest BCUT2D eigenvalue weighted by Crippen LogP contribution is -2.11. The molecule has 10 aromatic carbocycles. The third kappa shape index (κ3) is 8.68. The van der Waals surface area contributed by atoms with E-state index in [2.05, 4.69) is 277 Å². The maximum atomic E-state index is 2.52. The van der Waals surface area contributed by atoms with E-state index in [0.717, 1.165) is 0 Å². The van der Waals surface area contributed by atoms with Gasteiger partial charge in [-0.15, -0.1) is 0 Å². The van der Waals surface area contributed by atoms with E-state index in [1.54, 1.807) is 0 Å². The highest BCUT2D eigenvalue weighted by Gasteiger charge is 2.29. The molecule has 0 saturated heterocycles. The lowest BCUT2D eigenvalue weighted by Gasteiger charge is -2.28. The van der Waals surface area contributed by atoms with Crippen molar-refractivity contribution in [1.29, 1.82) is 0 Å². The zero-order chi connectivity index (χ0) is 49.3. The van der Waals surface area contributed by atoms with Crippen LogP contribution < -0.4 is 0 Å². The van der Waals surface area contributed by atoms with Gasteiger partial charge >= 0.3 is 0 Å². The van der Waals surface area contributed by atoms with E-state index in [-0.39, 0.29) is 21.7 Å². The van der Waals surface area contributed by atoms with Gasteiger partial charge in [0.2, 0.25) is 0 Å². The van der Waals surface area contributed by atoms with Crippen molar-refractivity contribution in [3.05, 3.63) is 216 Å². The van der Waals surface area contributed by atoms with E-state index < -0.39 is 0 Å². The molecule has 0 aromatic heterocycles. The molecule has 0 atom stereocenters. The molecule has 0 saturated carbocycles. The smallest absolute Gasteiger partial charge is 0.000139 e. The van der Waals surface area contributed by atoms with Gasteiger partial charge in [-0.3, -0.25) is 0 Å². The molecule has 0 radical (unpaired) electrons. The molecular formula is C70H68. The lowest BCUT2D eigenvalue weighted by atomic mass is 9.75. The Morgan fingerprint density at radius 3 is 0.714 bits per heavy atom. The molecule has 0 aliphatic rings. The molecule has 10 aromatic rings. The summed E-state index contributed by atoms with van der Waals surface area (Å²) in [4.78, 5) is 0. The van der Waals surface area contributed by atoms with E-state index in [1.165, 1.54) is 121 Å². The third-order valence-electron chi connectivity index (χ3n) is 14.7. The number of hydrogen-bond donors (Lipinski definition) is 0. The summed E-state index contributed by atoms with van der Waals surface area (Å²) in [5.74, 6) is 0. The first-order valence-corrected chi connectivity index (χ1v) is 25.3. The highest BCUT2D eigenvalue weighted by atomic mass is 14.3. The summed E-state index contributed by atoms with van der Waals surface area (Å²) in [6.07, 6.45) is 0. The van der Waals surface area contributed by atoms with Gasteiger partial charge in [0.25, 0.3) is 0 Å². The highest BCUT2D eigenvalue weighted by molar-refractivity contribution is 6.34. The molecule has 0 N–H and O–H groups in total. The molecule has 0 heteroatoms. The van der Waals surface area contributed by atoms with Crippen LogP contribution in [0.5, 0.6) is 0 Å². The predicted molar refractivity (Wildman–Crippen MR) is 306 cm³/mol. The van der Waals surface area contributed by atoms with Crippen LogP contribution in [0.15, 0.2) is 194 Å². The van der Waals surface area contributed by atoms with Gasteiger partial charge in [0.05, 0.1) is 0 Å². The van der Waals surface area contributed by atoms with Crippen LogP contribution in [0.25, 0.3) is 99.1 Å². The van der Waals surface area contributed by atoms with Gasteiger partial charge < -0.3 is 0 Å². The van der Waals surface area contributed by atoms with E-state index >= 15 is 0 Å². The monoisotopic (exact) mass is 909 g/mol. The van der Waals surface area contributed by atoms with Crippen molar-refractivity contribution in [2.75, 3.05) is 0 Å². The number of benzene rings is 10. The maximum absolute atomic E-state index is 2.52. The molecule has 0 aliphatic heterocycles. The molecular weight excluding hydrogens is 841 g/mol. The van der Waals surface area contributed by atoms with Gasteiger partial charge in [-0.2, -0.15) is 0 Å². The Morgan fingerprint density at radius 2 is 0.429 bits per heavy atom. The molecule has 10 rings (SSSR count). The van der Waals surface area contributed by atoms with Crippen molar-refractivity contribution in [3.63, 3.8) is 0 Å². The summed E-state index contributed by atoms with van der Waals surface area (Å²) in [6, 6.07) is 74.2. The van der Waals surface area contributed by atoms with Crippen LogP contribution in [0, 0.1) is 0 Å². The Balaban J connectivity index is 1.48. The summed E-state index contributed by atoms with van der Waals surface area (Å²) in [5.41, 5.74) is 20.0. The van der Waals surface area contributed by atoms with Crippen LogP contribution >= 0.6 is 0 Å². The fourth-order valence-corrected chi connectivity index (χ4v) is 10.6. The maximum Gasteiger partial charge on any atom is -0.000139 e. The molecule has 0 aliphatic carbocycles. The zero-order valence-corrected chi connectivity index (χ0v) is 43.5. The summed E-state index contributed by atoms with van der Waals surface area (Å²) >= 11 is 0. The standard InChI is InChI=1S/C70H68/c1-67(2,3)53-35-31-51(32-36-53)61-57-41-39-55(69(7,8)9)43-59(57)64(50-29-25-48(26-30-50)46-21-17-14-18-22-46)66-62(52-33-37-54(38-34-52)68(4,5)6)58-42-40-56(70(10,11)12)44-60(58)63(65(61)66)49-27-23-47(24-28-49)45-19-15-13-16-20-45/h13-44H,1-12H3. The molecule has 0 unspecified atom stereocenters. The first-order valence-electron chi connectivity index (χ1n) is 25.3. The lowest BCUT2D eigenvalue weighted by molar-refractivity contribution is 0.590. The van der Waals surface area contributed by atoms with Gasteiger partial charge in [-0.25, -0.2) is 0 Å². The van der Waals surface area contributed by atoms with Crippen LogP contribution in [-0.2, 0) is 21.7 Å². The average Bonchev–Trinajstić information content (AvgIpc) is 3.34. The SMILES string of the molecule is CC(C)(C)c1ccc(-c2c3ccc(C(C)(C)C)cc3c(-c3ccc(-c4ccccc4)cc3)c3c(-c4ccc(C(C)(C)C)cc4)c4ccc(C(C)(C)C)cc4c(-c4ccc(-c5ccccc5)cc4)c23)cc1. The van der Waals surface area contributed by atoms with Gasteiger partial charge in [0.1, 0.15) is 0 Å². The normalized spacial score (nSPS) is 12.6. The van der Waals surface area contributed by atoms with Crippen molar-refractivity contribution in [2.45, 2.75) is 105 Å². The minimum atomic E-state index is -0.0733. The summed E-state index contributed by atoms with van der Waals surface area (Å²) in [5, 5.41) is 7.62. The van der Waals surface area contributed by atoms with Crippen molar-refractivity contribution in [3.8, 4) is 66.8 Å². The number of fused-ring (bicyclic) bond motifs is 3. The van der Waals surface area contributed by atoms with Crippen molar-refractivity contribution in [1.82, 2.24) is 0 Å². The van der Waals surface area contributed by atoms with Gasteiger partial charge in [0, 0.05) is 0 Å². The molecule has 0 nitrogen and oxygen atoms in total. The summed E-state index contributed by atoms with van der Waals surface area (Å²) < 4.78 is 0.